The summed E-state index contributed by atoms with van der Waals surface area (Å²) in [6.07, 6.45) is 2.99. The van der Waals surface area contributed by atoms with Gasteiger partial charge in [0.2, 0.25) is 5.91 Å². The number of amides is 1. The van der Waals surface area contributed by atoms with Gasteiger partial charge in [0, 0.05) is 23.9 Å². The van der Waals surface area contributed by atoms with Gasteiger partial charge in [-0.15, -0.1) is 23.7 Å². The maximum Gasteiger partial charge on any atom is 0.346 e. The number of nitrogens with two attached hydrogens (primary N) is 1. The summed E-state index contributed by atoms with van der Waals surface area (Å²) in [6.45, 7) is 0.367. The second-order valence-corrected chi connectivity index (χ2v) is 8.20. The average molecular weight is 474 g/mol. The lowest BCUT2D eigenvalue weighted by molar-refractivity contribution is -0.118. The van der Waals surface area contributed by atoms with Crippen molar-refractivity contribution in [2.45, 2.75) is 25.9 Å². The van der Waals surface area contributed by atoms with Crippen molar-refractivity contribution < 1.29 is 9.18 Å². The first kappa shape index (κ1) is 23.5. The predicted molar refractivity (Wildman–Crippen MR) is 125 cm³/mol. The lowest BCUT2D eigenvalue weighted by Gasteiger charge is -2.23. The van der Waals surface area contributed by atoms with Crippen LogP contribution in [-0.2, 0) is 24.3 Å². The van der Waals surface area contributed by atoms with Gasteiger partial charge < -0.3 is 5.73 Å². The lowest BCUT2D eigenvalue weighted by Crippen LogP contribution is -2.30. The van der Waals surface area contributed by atoms with Crippen molar-refractivity contribution in [2.75, 3.05) is 11.4 Å². The molecule has 0 saturated heterocycles. The molecule has 2 aromatic heterocycles. The van der Waals surface area contributed by atoms with Crippen LogP contribution < -0.4 is 16.3 Å². The van der Waals surface area contributed by atoms with Crippen molar-refractivity contribution in [3.05, 3.63) is 80.4 Å². The molecule has 0 radical (unpaired) electrons. The Morgan fingerprint density at radius 1 is 1.22 bits per heavy atom. The highest BCUT2D eigenvalue weighted by Crippen LogP contribution is 2.27. The van der Waals surface area contributed by atoms with Crippen LogP contribution in [0.4, 0.5) is 10.1 Å². The zero-order chi connectivity index (χ0) is 21.8. The molecule has 0 aliphatic carbocycles. The first-order chi connectivity index (χ1) is 15.1. The van der Waals surface area contributed by atoms with E-state index >= 15 is 0 Å². The monoisotopic (exact) mass is 473 g/mol. The largest absolute Gasteiger partial charge is 0.346 e. The quantitative estimate of drug-likeness (QED) is 0.577. The Labute approximate surface area is 194 Å². The summed E-state index contributed by atoms with van der Waals surface area (Å²) in [6, 6.07) is 14.5. The Kier molecular flexibility index (Phi) is 7.64. The fourth-order valence-corrected chi connectivity index (χ4v) is 4.14. The van der Waals surface area contributed by atoms with E-state index in [4.69, 9.17) is 5.73 Å². The zero-order valence-electron chi connectivity index (χ0n) is 17.0. The van der Waals surface area contributed by atoms with Gasteiger partial charge in [0.1, 0.15) is 6.33 Å². The number of aryl methyl sites for hydroxylation is 1. The molecular weight excluding hydrogens is 453 g/mol. The number of hydrogen-bond acceptors (Lipinski definition) is 5. The summed E-state index contributed by atoms with van der Waals surface area (Å²) >= 11 is 1.44. The van der Waals surface area contributed by atoms with Gasteiger partial charge in [-0.05, 0) is 41.7 Å². The third-order valence-corrected chi connectivity index (χ3v) is 5.92. The lowest BCUT2D eigenvalue weighted by atomic mass is 10.0. The number of carbonyl (C=O) groups excluding carboxylic acids is 1. The van der Waals surface area contributed by atoms with Crippen LogP contribution in [0.2, 0.25) is 0 Å². The third kappa shape index (κ3) is 4.99. The highest BCUT2D eigenvalue weighted by atomic mass is 35.5. The van der Waals surface area contributed by atoms with Crippen molar-refractivity contribution in [2.24, 2.45) is 5.73 Å². The molecule has 1 aliphatic rings. The van der Waals surface area contributed by atoms with Crippen LogP contribution in [0.5, 0.6) is 0 Å². The summed E-state index contributed by atoms with van der Waals surface area (Å²) in [7, 11) is 0. The van der Waals surface area contributed by atoms with Gasteiger partial charge in [-0.1, -0.05) is 18.2 Å². The number of fused-ring (bicyclic) bond motifs is 1. The molecule has 1 amide bonds. The molecule has 166 valence electrons. The molecule has 1 aliphatic heterocycles. The van der Waals surface area contributed by atoms with E-state index in [-0.39, 0.29) is 42.7 Å². The molecule has 3 aromatic rings. The number of halogens is 2. The molecule has 4 rings (SSSR count). The van der Waals surface area contributed by atoms with Crippen LogP contribution in [-0.4, -0.2) is 26.8 Å². The first-order valence-corrected chi connectivity index (χ1v) is 10.5. The SMILES string of the molecule is Cl.NC/C(=C\F)Cn1ncn(Cc2ccc(C#CN3C(=O)CCc4ccccc43)s2)c1=O. The van der Waals surface area contributed by atoms with E-state index in [1.807, 2.05) is 36.4 Å². The van der Waals surface area contributed by atoms with Crippen molar-refractivity contribution in [1.29, 1.82) is 0 Å². The molecule has 0 bridgehead atoms. The number of benzene rings is 1. The number of aromatic nitrogens is 3. The fourth-order valence-electron chi connectivity index (χ4n) is 3.28. The summed E-state index contributed by atoms with van der Waals surface area (Å²) in [4.78, 5) is 28.0. The Bertz CT molecular complexity index is 1270. The highest BCUT2D eigenvalue weighted by molar-refractivity contribution is 7.12. The van der Waals surface area contributed by atoms with E-state index in [0.29, 0.717) is 19.3 Å². The summed E-state index contributed by atoms with van der Waals surface area (Å²) in [5.74, 6) is 3.04. The molecule has 0 unspecified atom stereocenters. The third-order valence-electron chi connectivity index (χ3n) is 4.94. The van der Waals surface area contributed by atoms with Crippen LogP contribution in [0.3, 0.4) is 0 Å². The molecule has 0 spiro atoms. The minimum Gasteiger partial charge on any atom is -0.327 e. The summed E-state index contributed by atoms with van der Waals surface area (Å²) in [5.41, 5.74) is 7.33. The van der Waals surface area contributed by atoms with Gasteiger partial charge >= 0.3 is 5.69 Å². The molecule has 10 heteroatoms. The number of carbonyl (C=O) groups is 1. The number of thiophene rings is 1. The Morgan fingerprint density at radius 2 is 2.03 bits per heavy atom. The number of rotatable bonds is 5. The van der Waals surface area contributed by atoms with Crippen LogP contribution in [0.1, 0.15) is 21.7 Å². The van der Waals surface area contributed by atoms with Gasteiger partial charge in [-0.3, -0.25) is 9.36 Å². The van der Waals surface area contributed by atoms with Crippen molar-refractivity contribution in [1.82, 2.24) is 14.3 Å². The molecule has 2 N–H and O–H groups in total. The smallest absolute Gasteiger partial charge is 0.327 e. The normalized spacial score (nSPS) is 13.2. The van der Waals surface area contributed by atoms with Crippen LogP contribution >= 0.6 is 23.7 Å². The molecular formula is C22H21ClFN5O2S. The topological polar surface area (TPSA) is 86.2 Å². The fraction of sp³-hybridized carbons (Fsp3) is 0.227. The van der Waals surface area contributed by atoms with E-state index in [2.05, 4.69) is 17.1 Å². The minimum atomic E-state index is -0.343. The van der Waals surface area contributed by atoms with Crippen LogP contribution in [0.25, 0.3) is 0 Å². The van der Waals surface area contributed by atoms with E-state index in [9.17, 15) is 14.0 Å². The highest BCUT2D eigenvalue weighted by Gasteiger charge is 2.22. The van der Waals surface area contributed by atoms with Crippen molar-refractivity contribution >= 4 is 35.3 Å². The molecule has 1 aromatic carbocycles. The number of nitrogens with zero attached hydrogens (tertiary/aromatic N) is 4. The minimum absolute atomic E-state index is 0. The maximum absolute atomic E-state index is 12.7. The van der Waals surface area contributed by atoms with E-state index in [0.717, 1.165) is 27.4 Å². The Balaban J connectivity index is 0.00000289. The second-order valence-electron chi connectivity index (χ2n) is 7.03. The molecule has 0 fully saturated rings. The van der Waals surface area contributed by atoms with E-state index in [1.54, 1.807) is 0 Å². The van der Waals surface area contributed by atoms with Crippen LogP contribution in [0.15, 0.2) is 59.4 Å². The second kappa shape index (κ2) is 10.4. The average Bonchev–Trinajstić information content (AvgIpc) is 3.38. The van der Waals surface area contributed by atoms with E-state index in [1.165, 1.54) is 31.8 Å². The van der Waals surface area contributed by atoms with Gasteiger partial charge in [0.15, 0.2) is 0 Å². The zero-order valence-corrected chi connectivity index (χ0v) is 18.7. The molecule has 3 heterocycles. The van der Waals surface area contributed by atoms with Gasteiger partial charge in [0.25, 0.3) is 0 Å². The summed E-state index contributed by atoms with van der Waals surface area (Å²) in [5, 5.41) is 4.02. The Hall–Kier alpha value is -3.19. The maximum atomic E-state index is 12.7. The Morgan fingerprint density at radius 3 is 2.81 bits per heavy atom. The molecule has 32 heavy (non-hydrogen) atoms. The number of para-hydroxylation sites is 1. The standard InChI is InChI=1S/C22H20FN5O2S.ClH/c23-11-16(12-24)13-28-22(30)26(15-25-28)14-19-7-6-18(31-19)9-10-27-20-4-2-1-3-17(20)5-8-21(27)29;/h1-4,6-7,11,15H,5,8,12-14,24H2;1H/b16-11+;. The van der Waals surface area contributed by atoms with Crippen LogP contribution in [0, 0.1) is 12.0 Å². The number of hydrogen-bond donors (Lipinski definition) is 1. The van der Waals surface area contributed by atoms with E-state index < -0.39 is 0 Å². The number of anilines is 1. The molecule has 7 nitrogen and oxygen atoms in total. The van der Waals surface area contributed by atoms with Gasteiger partial charge in [-0.25, -0.2) is 18.8 Å². The van der Waals surface area contributed by atoms with Crippen molar-refractivity contribution in [3.8, 4) is 12.0 Å². The molecule has 0 saturated carbocycles. The summed E-state index contributed by atoms with van der Waals surface area (Å²) < 4.78 is 15.3. The molecule has 0 atom stereocenters. The van der Waals surface area contributed by atoms with Gasteiger partial charge in [-0.2, -0.15) is 5.10 Å². The van der Waals surface area contributed by atoms with Gasteiger partial charge in [0.05, 0.1) is 30.0 Å². The van der Waals surface area contributed by atoms with Crippen molar-refractivity contribution in [3.63, 3.8) is 0 Å². The first-order valence-electron chi connectivity index (χ1n) is 9.70. The predicted octanol–water partition coefficient (Wildman–Crippen LogP) is 2.68.